The first-order valence-corrected chi connectivity index (χ1v) is 3.27. The molecule has 7 heavy (non-hydrogen) atoms. The molecule has 0 unspecified atom stereocenters. The van der Waals surface area contributed by atoms with E-state index in [1.807, 2.05) is 12.1 Å². The van der Waals surface area contributed by atoms with Crippen molar-refractivity contribution in [2.75, 3.05) is 0 Å². The fraction of sp³-hybridized carbons (Fsp3) is 0. The second kappa shape index (κ2) is 5.98. The molecule has 3 heteroatoms. The molecule has 0 saturated carbocycles. The van der Waals surface area contributed by atoms with Gasteiger partial charge in [-0.25, -0.2) is 0 Å². The fourth-order valence-electron chi connectivity index (χ4n) is 0.227. The van der Waals surface area contributed by atoms with Crippen LogP contribution in [-0.4, -0.2) is 0 Å². The van der Waals surface area contributed by atoms with Crippen molar-refractivity contribution in [2.24, 2.45) is 0 Å². The van der Waals surface area contributed by atoms with Crippen LogP contribution in [0.2, 0.25) is 0 Å². The van der Waals surface area contributed by atoms with E-state index in [1.54, 1.807) is 12.5 Å². The van der Waals surface area contributed by atoms with Gasteiger partial charge in [-0.2, -0.15) is 0 Å². The largest absolute Gasteiger partial charge is 0.473 e. The maximum atomic E-state index is 4.58. The molecule has 0 fully saturated rings. The third-order valence-electron chi connectivity index (χ3n) is 0.425. The molecule has 1 heterocycles. The third-order valence-corrected chi connectivity index (χ3v) is 0.425. The Balaban J connectivity index is 0.000000162. The van der Waals surface area contributed by atoms with Gasteiger partial charge in [-0.05, 0) is 12.1 Å². The lowest BCUT2D eigenvalue weighted by molar-refractivity contribution is 0.567. The predicted molar refractivity (Wildman–Crippen MR) is 36.7 cm³/mol. The van der Waals surface area contributed by atoms with E-state index in [0.29, 0.717) is 0 Å². The van der Waals surface area contributed by atoms with E-state index in [2.05, 4.69) is 27.7 Å². The van der Waals surface area contributed by atoms with Gasteiger partial charge in [-0.1, -0.05) is 0 Å². The van der Waals surface area contributed by atoms with Gasteiger partial charge >= 0.3 is 0 Å². The molecule has 0 bridgehead atoms. The standard InChI is InChI=1S/C4H4O.H2S2/c1-2-4-5-3-1;1-2/h1-4H;1-2H. The molecule has 0 saturated heterocycles. The minimum atomic E-state index is 1.62. The van der Waals surface area contributed by atoms with Crippen molar-refractivity contribution in [3.05, 3.63) is 24.7 Å². The SMILES string of the molecule is SS.c1ccoc1. The first-order valence-electron chi connectivity index (χ1n) is 1.67. The molecule has 0 aliphatic rings. The quantitative estimate of drug-likeness (QED) is 0.409. The van der Waals surface area contributed by atoms with E-state index >= 15 is 0 Å². The summed E-state index contributed by atoms with van der Waals surface area (Å²) in [6.45, 7) is 0. The van der Waals surface area contributed by atoms with Gasteiger partial charge in [-0.15, -0.1) is 23.3 Å². The highest BCUT2D eigenvalue weighted by molar-refractivity contribution is 8.59. The van der Waals surface area contributed by atoms with Gasteiger partial charge in [0.15, 0.2) is 0 Å². The Morgan fingerprint density at radius 2 is 1.43 bits per heavy atom. The average molecular weight is 134 g/mol. The molecule has 1 aromatic rings. The highest BCUT2D eigenvalue weighted by atomic mass is 33.1. The number of rotatable bonds is 0. The number of hydrogen-bond donors (Lipinski definition) is 2. The number of hydrogen-bond acceptors (Lipinski definition) is 3. The summed E-state index contributed by atoms with van der Waals surface area (Å²) < 4.78 is 4.58. The summed E-state index contributed by atoms with van der Waals surface area (Å²) in [6, 6.07) is 3.67. The average Bonchev–Trinajstić information content (AvgIpc) is 2.23. The third kappa shape index (κ3) is 3.82. The molecule has 1 nitrogen and oxygen atoms in total. The summed E-state index contributed by atoms with van der Waals surface area (Å²) in [5, 5.41) is 0. The second-order valence-corrected chi connectivity index (χ2v) is 0.793. The summed E-state index contributed by atoms with van der Waals surface area (Å²) in [7, 11) is 0. The lowest BCUT2D eigenvalue weighted by Crippen LogP contribution is -1.16. The Bertz CT molecular complexity index is 66.2. The molecule has 0 aliphatic carbocycles. The van der Waals surface area contributed by atoms with Gasteiger partial charge in [0, 0.05) is 0 Å². The van der Waals surface area contributed by atoms with Crippen LogP contribution < -0.4 is 0 Å². The van der Waals surface area contributed by atoms with Crippen molar-refractivity contribution < 1.29 is 4.42 Å². The van der Waals surface area contributed by atoms with Crippen molar-refractivity contribution >= 4 is 23.3 Å². The predicted octanol–water partition coefficient (Wildman–Crippen LogP) is 2.04. The zero-order valence-electron chi connectivity index (χ0n) is 3.61. The lowest BCUT2D eigenvalue weighted by Gasteiger charge is -1.50. The zero-order chi connectivity index (χ0) is 5.54. The molecule has 0 amide bonds. The lowest BCUT2D eigenvalue weighted by atomic mass is 10.7. The molecule has 1 rings (SSSR count). The number of thiol groups is 2. The van der Waals surface area contributed by atoms with E-state index < -0.39 is 0 Å². The van der Waals surface area contributed by atoms with Crippen LogP contribution in [0.15, 0.2) is 29.1 Å². The van der Waals surface area contributed by atoms with E-state index in [-0.39, 0.29) is 0 Å². The minimum Gasteiger partial charge on any atom is -0.473 e. The van der Waals surface area contributed by atoms with Crippen LogP contribution in [-0.2, 0) is 0 Å². The highest BCUT2D eigenvalue weighted by Crippen LogP contribution is 1.79. The van der Waals surface area contributed by atoms with Crippen molar-refractivity contribution in [1.29, 1.82) is 0 Å². The Morgan fingerprint density at radius 3 is 1.57 bits per heavy atom. The van der Waals surface area contributed by atoms with Crippen LogP contribution >= 0.6 is 23.3 Å². The van der Waals surface area contributed by atoms with Crippen LogP contribution in [0.3, 0.4) is 0 Å². The first kappa shape index (κ1) is 6.98. The van der Waals surface area contributed by atoms with Crippen LogP contribution in [0.5, 0.6) is 0 Å². The zero-order valence-corrected chi connectivity index (χ0v) is 5.40. The fourth-order valence-corrected chi connectivity index (χ4v) is 0.227. The van der Waals surface area contributed by atoms with E-state index in [1.165, 1.54) is 0 Å². The minimum absolute atomic E-state index is 1.62. The smallest absolute Gasteiger partial charge is 0.0902 e. The summed E-state index contributed by atoms with van der Waals surface area (Å²) in [6.07, 6.45) is 3.25. The maximum absolute atomic E-state index is 4.58. The van der Waals surface area contributed by atoms with Gasteiger partial charge in [0.1, 0.15) is 0 Å². The van der Waals surface area contributed by atoms with Crippen molar-refractivity contribution in [3.63, 3.8) is 0 Å². The molecule has 0 spiro atoms. The normalized spacial score (nSPS) is 6.57. The van der Waals surface area contributed by atoms with Crippen molar-refractivity contribution in [3.8, 4) is 0 Å². The summed E-state index contributed by atoms with van der Waals surface area (Å²) >= 11 is 6.44. The monoisotopic (exact) mass is 134 g/mol. The topological polar surface area (TPSA) is 13.1 Å². The Morgan fingerprint density at radius 1 is 1.00 bits per heavy atom. The van der Waals surface area contributed by atoms with Crippen LogP contribution in [0.25, 0.3) is 0 Å². The molecule has 0 radical (unpaired) electrons. The van der Waals surface area contributed by atoms with Crippen LogP contribution in [0.1, 0.15) is 0 Å². The van der Waals surface area contributed by atoms with E-state index in [0.717, 1.165) is 0 Å². The maximum Gasteiger partial charge on any atom is 0.0902 e. The molecule has 0 aliphatic heterocycles. The number of furan rings is 1. The van der Waals surface area contributed by atoms with Gasteiger partial charge in [0.2, 0.25) is 0 Å². The molecule has 0 aromatic carbocycles. The molecule has 1 aromatic heterocycles. The van der Waals surface area contributed by atoms with E-state index in [4.69, 9.17) is 0 Å². The van der Waals surface area contributed by atoms with Gasteiger partial charge in [0.05, 0.1) is 12.5 Å². The van der Waals surface area contributed by atoms with Gasteiger partial charge < -0.3 is 4.42 Å². The highest BCUT2D eigenvalue weighted by Gasteiger charge is 1.58. The molecule has 0 N–H and O–H groups in total. The van der Waals surface area contributed by atoms with Crippen molar-refractivity contribution in [2.45, 2.75) is 0 Å². The summed E-state index contributed by atoms with van der Waals surface area (Å²) in [4.78, 5) is 0. The first-order chi connectivity index (χ1) is 3.50. The molecule has 40 valence electrons. The summed E-state index contributed by atoms with van der Waals surface area (Å²) in [5.74, 6) is 0. The van der Waals surface area contributed by atoms with E-state index in [9.17, 15) is 0 Å². The van der Waals surface area contributed by atoms with Gasteiger partial charge in [0.25, 0.3) is 0 Å². The Kier molecular flexibility index (Phi) is 5.96. The second-order valence-electron chi connectivity index (χ2n) is 0.793. The van der Waals surface area contributed by atoms with Crippen molar-refractivity contribution in [1.82, 2.24) is 0 Å². The molecule has 0 atom stereocenters. The van der Waals surface area contributed by atoms with Gasteiger partial charge in [-0.3, -0.25) is 0 Å². The Labute approximate surface area is 52.9 Å². The van der Waals surface area contributed by atoms with Crippen LogP contribution in [0.4, 0.5) is 0 Å². The molecular formula is C4H6OS2. The summed E-state index contributed by atoms with van der Waals surface area (Å²) in [5.41, 5.74) is 0. The van der Waals surface area contributed by atoms with Crippen LogP contribution in [0, 0.1) is 0 Å². The Hall–Kier alpha value is -0.0200. The molecular weight excluding hydrogens is 128 g/mol.